The molecule has 2 amide bonds. The summed E-state index contributed by atoms with van der Waals surface area (Å²) in [4.78, 5) is 23.6. The molecular weight excluding hydrogens is 286 g/mol. The number of nitrogens with zero attached hydrogens (tertiary/aromatic N) is 1. The van der Waals surface area contributed by atoms with E-state index in [0.717, 1.165) is 0 Å². The lowest BCUT2D eigenvalue weighted by Gasteiger charge is -2.07. The second-order valence-electron chi connectivity index (χ2n) is 4.57. The molecule has 116 valence electrons. The Balaban J connectivity index is 1.76. The molecule has 22 heavy (non-hydrogen) atoms. The number of ether oxygens (including phenoxy) is 1. The van der Waals surface area contributed by atoms with Crippen LogP contribution in [0, 0.1) is 6.92 Å². The Kier molecular flexibility index (Phi) is 5.13. The van der Waals surface area contributed by atoms with Crippen LogP contribution in [0.2, 0.25) is 0 Å². The molecule has 0 aliphatic rings. The number of rotatable bonds is 6. The highest BCUT2D eigenvalue weighted by Crippen LogP contribution is 2.12. The molecule has 7 heteroatoms. The highest BCUT2D eigenvalue weighted by Gasteiger charge is 2.10. The largest absolute Gasteiger partial charge is 0.497 e. The van der Waals surface area contributed by atoms with Gasteiger partial charge in [0.05, 0.1) is 7.11 Å². The minimum atomic E-state index is -0.340. The average Bonchev–Trinajstić information content (AvgIpc) is 2.97. The summed E-state index contributed by atoms with van der Waals surface area (Å²) in [5.41, 5.74) is 0.717. The van der Waals surface area contributed by atoms with Crippen LogP contribution in [0.15, 0.2) is 34.9 Å². The quantitative estimate of drug-likeness (QED) is 0.781. The van der Waals surface area contributed by atoms with E-state index in [1.807, 2.05) is 0 Å². The molecule has 0 unspecified atom stereocenters. The summed E-state index contributed by atoms with van der Waals surface area (Å²) in [5.74, 6) is 0.608. The highest BCUT2D eigenvalue weighted by atomic mass is 16.5. The SMILES string of the molecule is COc1cccc(C(=O)NCCNC(=O)c2cc(C)on2)c1. The molecule has 2 rings (SSSR count). The maximum absolute atomic E-state index is 11.9. The maximum atomic E-state index is 11.9. The van der Waals surface area contributed by atoms with E-state index in [4.69, 9.17) is 9.26 Å². The molecule has 0 fully saturated rings. The van der Waals surface area contributed by atoms with E-state index in [2.05, 4.69) is 15.8 Å². The number of amides is 2. The van der Waals surface area contributed by atoms with Crippen molar-refractivity contribution >= 4 is 11.8 Å². The highest BCUT2D eigenvalue weighted by molar-refractivity contribution is 5.94. The molecule has 0 bridgehead atoms. The average molecular weight is 303 g/mol. The van der Waals surface area contributed by atoms with Crippen LogP contribution < -0.4 is 15.4 Å². The molecule has 7 nitrogen and oxygen atoms in total. The van der Waals surface area contributed by atoms with Gasteiger partial charge in [0.25, 0.3) is 11.8 Å². The van der Waals surface area contributed by atoms with Crippen molar-refractivity contribution < 1.29 is 18.8 Å². The third-order valence-electron chi connectivity index (χ3n) is 2.89. The maximum Gasteiger partial charge on any atom is 0.273 e. The molecular formula is C15H17N3O4. The van der Waals surface area contributed by atoms with Crippen LogP contribution in [0.1, 0.15) is 26.6 Å². The predicted molar refractivity (Wildman–Crippen MR) is 78.9 cm³/mol. The lowest BCUT2D eigenvalue weighted by Crippen LogP contribution is -2.34. The van der Waals surface area contributed by atoms with Gasteiger partial charge in [0.2, 0.25) is 0 Å². The van der Waals surface area contributed by atoms with Gasteiger partial charge < -0.3 is 19.9 Å². The van der Waals surface area contributed by atoms with E-state index in [1.165, 1.54) is 7.11 Å². The van der Waals surface area contributed by atoms with Crippen molar-refractivity contribution in [3.05, 3.63) is 47.3 Å². The Labute approximate surface area is 127 Å². The van der Waals surface area contributed by atoms with Gasteiger partial charge in [-0.3, -0.25) is 9.59 Å². The number of carbonyl (C=O) groups is 2. The van der Waals surface area contributed by atoms with Crippen molar-refractivity contribution in [3.8, 4) is 5.75 Å². The number of carbonyl (C=O) groups excluding carboxylic acids is 2. The number of aromatic nitrogens is 1. The van der Waals surface area contributed by atoms with Crippen LogP contribution >= 0.6 is 0 Å². The summed E-state index contributed by atoms with van der Waals surface area (Å²) in [6.45, 7) is 2.30. The minimum Gasteiger partial charge on any atom is -0.497 e. The second-order valence-corrected chi connectivity index (χ2v) is 4.57. The molecule has 0 aliphatic heterocycles. The zero-order valence-electron chi connectivity index (χ0n) is 12.4. The fraction of sp³-hybridized carbons (Fsp3) is 0.267. The Bertz CT molecular complexity index is 666. The van der Waals surface area contributed by atoms with Crippen LogP contribution in [-0.2, 0) is 0 Å². The number of methoxy groups -OCH3 is 1. The Morgan fingerprint density at radius 3 is 2.55 bits per heavy atom. The van der Waals surface area contributed by atoms with Crippen molar-refractivity contribution in [2.75, 3.05) is 20.2 Å². The molecule has 0 atom stereocenters. The van der Waals surface area contributed by atoms with Gasteiger partial charge in [-0.05, 0) is 25.1 Å². The number of aryl methyl sites for hydroxylation is 1. The molecule has 0 spiro atoms. The summed E-state index contributed by atoms with van der Waals surface area (Å²) < 4.78 is 9.88. The van der Waals surface area contributed by atoms with Crippen molar-refractivity contribution in [2.24, 2.45) is 0 Å². The third-order valence-corrected chi connectivity index (χ3v) is 2.89. The third kappa shape index (κ3) is 4.08. The summed E-state index contributed by atoms with van der Waals surface area (Å²) in [5, 5.41) is 8.96. The van der Waals surface area contributed by atoms with Crippen molar-refractivity contribution in [1.29, 1.82) is 0 Å². The molecule has 0 radical (unpaired) electrons. The van der Waals surface area contributed by atoms with Gasteiger partial charge in [0, 0.05) is 24.7 Å². The summed E-state index contributed by atoms with van der Waals surface area (Å²) >= 11 is 0. The van der Waals surface area contributed by atoms with E-state index in [0.29, 0.717) is 30.2 Å². The molecule has 2 aromatic rings. The normalized spacial score (nSPS) is 10.1. The topological polar surface area (TPSA) is 93.5 Å². The van der Waals surface area contributed by atoms with Crippen molar-refractivity contribution in [2.45, 2.75) is 6.92 Å². The number of benzene rings is 1. The van der Waals surface area contributed by atoms with E-state index < -0.39 is 0 Å². The van der Waals surface area contributed by atoms with Gasteiger partial charge >= 0.3 is 0 Å². The van der Waals surface area contributed by atoms with E-state index in [9.17, 15) is 9.59 Å². The zero-order valence-corrected chi connectivity index (χ0v) is 12.4. The summed E-state index contributed by atoms with van der Waals surface area (Å²) in [6.07, 6.45) is 0. The first-order valence-electron chi connectivity index (χ1n) is 6.74. The van der Waals surface area contributed by atoms with Gasteiger partial charge in [-0.15, -0.1) is 0 Å². The van der Waals surface area contributed by atoms with Crippen LogP contribution in [0.3, 0.4) is 0 Å². The smallest absolute Gasteiger partial charge is 0.273 e. The van der Waals surface area contributed by atoms with E-state index >= 15 is 0 Å². The van der Waals surface area contributed by atoms with Crippen LogP contribution in [0.4, 0.5) is 0 Å². The monoisotopic (exact) mass is 303 g/mol. The molecule has 1 aromatic heterocycles. The number of hydrogen-bond acceptors (Lipinski definition) is 5. The van der Waals surface area contributed by atoms with Gasteiger partial charge in [0.1, 0.15) is 11.5 Å². The number of nitrogens with one attached hydrogen (secondary N) is 2. The van der Waals surface area contributed by atoms with Gasteiger partial charge in [-0.25, -0.2) is 0 Å². The first-order valence-corrected chi connectivity index (χ1v) is 6.74. The molecule has 1 heterocycles. The molecule has 0 saturated heterocycles. The first-order chi connectivity index (χ1) is 10.6. The lowest BCUT2D eigenvalue weighted by molar-refractivity contribution is 0.0922. The van der Waals surface area contributed by atoms with Crippen LogP contribution in [0.5, 0.6) is 5.75 Å². The summed E-state index contributed by atoms with van der Waals surface area (Å²) in [6, 6.07) is 8.38. The molecule has 0 saturated carbocycles. The van der Waals surface area contributed by atoms with Crippen LogP contribution in [-0.4, -0.2) is 37.2 Å². The van der Waals surface area contributed by atoms with Gasteiger partial charge in [-0.2, -0.15) is 0 Å². The fourth-order valence-corrected chi connectivity index (χ4v) is 1.78. The molecule has 2 N–H and O–H groups in total. The fourth-order valence-electron chi connectivity index (χ4n) is 1.78. The lowest BCUT2D eigenvalue weighted by atomic mass is 10.2. The molecule has 0 aliphatic carbocycles. The Hall–Kier alpha value is -2.83. The predicted octanol–water partition coefficient (Wildman–Crippen LogP) is 1.15. The van der Waals surface area contributed by atoms with Crippen molar-refractivity contribution in [3.63, 3.8) is 0 Å². The minimum absolute atomic E-state index is 0.219. The Morgan fingerprint density at radius 2 is 1.91 bits per heavy atom. The Morgan fingerprint density at radius 1 is 1.18 bits per heavy atom. The second kappa shape index (κ2) is 7.26. The molecule has 1 aromatic carbocycles. The number of hydrogen-bond donors (Lipinski definition) is 2. The van der Waals surface area contributed by atoms with Crippen molar-refractivity contribution in [1.82, 2.24) is 15.8 Å². The standard InChI is InChI=1S/C15H17N3O4/c1-10-8-13(18-22-10)15(20)17-7-6-16-14(19)11-4-3-5-12(9-11)21-2/h3-5,8-9H,6-7H2,1-2H3,(H,16,19)(H,17,20). The van der Waals surface area contributed by atoms with E-state index in [1.54, 1.807) is 37.3 Å². The van der Waals surface area contributed by atoms with Gasteiger partial charge in [-0.1, -0.05) is 11.2 Å². The van der Waals surface area contributed by atoms with Crippen LogP contribution in [0.25, 0.3) is 0 Å². The first kappa shape index (κ1) is 15.6. The summed E-state index contributed by atoms with van der Waals surface area (Å²) in [7, 11) is 1.54. The van der Waals surface area contributed by atoms with Gasteiger partial charge in [0.15, 0.2) is 5.69 Å². The van der Waals surface area contributed by atoms with E-state index in [-0.39, 0.29) is 17.5 Å². The zero-order chi connectivity index (χ0) is 15.9.